The zero-order chi connectivity index (χ0) is 13.4. The van der Waals surface area contributed by atoms with Gasteiger partial charge in [0.05, 0.1) is 0 Å². The van der Waals surface area contributed by atoms with Crippen LogP contribution in [0.2, 0.25) is 0 Å². The third-order valence-electron chi connectivity index (χ3n) is 3.39. The average molecular weight is 321 g/mol. The van der Waals surface area contributed by atoms with Crippen molar-refractivity contribution in [2.45, 2.75) is 13.3 Å². The Morgan fingerprint density at radius 3 is 2.95 bits per heavy atom. The normalized spacial score (nSPS) is 18.3. The highest BCUT2D eigenvalue weighted by Gasteiger charge is 2.25. The first-order valence-electron chi connectivity index (χ1n) is 6.31. The molecule has 1 aromatic heterocycles. The summed E-state index contributed by atoms with van der Waals surface area (Å²) in [5, 5.41) is 0. The maximum absolute atomic E-state index is 14.1. The Hall–Kier alpha value is -1.42. The summed E-state index contributed by atoms with van der Waals surface area (Å²) >= 11 is 3.24. The minimum Gasteiger partial charge on any atom is -0.323 e. The first kappa shape index (κ1) is 12.6. The van der Waals surface area contributed by atoms with Gasteiger partial charge in [0.15, 0.2) is 11.6 Å². The Kier molecular flexibility index (Phi) is 3.27. The van der Waals surface area contributed by atoms with Gasteiger partial charge in [0, 0.05) is 22.9 Å². The first-order chi connectivity index (χ1) is 9.15. The maximum atomic E-state index is 14.1. The second-order valence-electron chi connectivity index (χ2n) is 5.01. The van der Waals surface area contributed by atoms with Crippen LogP contribution in [0.25, 0.3) is 0 Å². The number of nitrogens with zero attached hydrogens (tertiary/aromatic N) is 2. The van der Waals surface area contributed by atoms with Crippen LogP contribution in [0.3, 0.4) is 0 Å². The Bertz CT molecular complexity index is 615. The molecule has 0 amide bonds. The van der Waals surface area contributed by atoms with Gasteiger partial charge in [-0.15, -0.1) is 0 Å². The molecule has 0 N–H and O–H groups in total. The van der Waals surface area contributed by atoms with Crippen molar-refractivity contribution in [3.63, 3.8) is 0 Å². The van der Waals surface area contributed by atoms with Crippen molar-refractivity contribution in [1.82, 2.24) is 4.98 Å². The molecule has 2 heterocycles. The molecule has 0 aliphatic carbocycles. The third kappa shape index (κ3) is 2.37. The molecule has 4 heteroatoms. The molecule has 98 valence electrons. The quantitative estimate of drug-likeness (QED) is 0.778. The van der Waals surface area contributed by atoms with Gasteiger partial charge in [-0.05, 0) is 46.0 Å². The van der Waals surface area contributed by atoms with E-state index in [-0.39, 0.29) is 5.82 Å². The molecule has 1 unspecified atom stereocenters. The van der Waals surface area contributed by atoms with E-state index in [1.807, 2.05) is 23.1 Å². The van der Waals surface area contributed by atoms with E-state index in [1.54, 1.807) is 6.20 Å². The van der Waals surface area contributed by atoms with Crippen molar-refractivity contribution < 1.29 is 4.39 Å². The summed E-state index contributed by atoms with van der Waals surface area (Å²) in [7, 11) is 0. The largest absolute Gasteiger partial charge is 0.323 e. The number of hydrogen-bond acceptors (Lipinski definition) is 2. The second-order valence-corrected chi connectivity index (χ2v) is 5.92. The van der Waals surface area contributed by atoms with E-state index >= 15 is 0 Å². The van der Waals surface area contributed by atoms with Crippen molar-refractivity contribution in [2.75, 3.05) is 11.4 Å². The topological polar surface area (TPSA) is 16.1 Å². The highest BCUT2D eigenvalue weighted by molar-refractivity contribution is 9.10. The molecule has 2 aromatic rings. The highest BCUT2D eigenvalue weighted by Crippen LogP contribution is 2.35. The zero-order valence-electron chi connectivity index (χ0n) is 10.6. The van der Waals surface area contributed by atoms with E-state index in [0.717, 1.165) is 18.7 Å². The molecule has 2 nitrogen and oxygen atoms in total. The summed E-state index contributed by atoms with van der Waals surface area (Å²) in [6, 6.07) is 9.61. The molecule has 1 aromatic carbocycles. The Morgan fingerprint density at radius 2 is 2.16 bits per heavy atom. The number of fused-ring (bicyclic) bond motifs is 1. The average Bonchev–Trinajstić information content (AvgIpc) is 2.38. The van der Waals surface area contributed by atoms with Crippen LogP contribution in [0.4, 0.5) is 15.9 Å². The van der Waals surface area contributed by atoms with E-state index in [1.165, 1.54) is 11.6 Å². The molecule has 1 atom stereocenters. The number of benzene rings is 1. The lowest BCUT2D eigenvalue weighted by Gasteiger charge is -2.34. The predicted octanol–water partition coefficient (Wildman–Crippen LogP) is 4.31. The minimum atomic E-state index is -0.293. The Labute approximate surface area is 120 Å². The van der Waals surface area contributed by atoms with Crippen molar-refractivity contribution in [3.05, 3.63) is 52.4 Å². The van der Waals surface area contributed by atoms with Gasteiger partial charge in [-0.2, -0.15) is 0 Å². The van der Waals surface area contributed by atoms with Gasteiger partial charge in [-0.25, -0.2) is 9.37 Å². The molecular weight excluding hydrogens is 307 g/mol. The molecule has 0 saturated carbocycles. The van der Waals surface area contributed by atoms with Crippen molar-refractivity contribution in [3.8, 4) is 0 Å². The summed E-state index contributed by atoms with van der Waals surface area (Å²) in [6.07, 6.45) is 2.67. The van der Waals surface area contributed by atoms with E-state index in [9.17, 15) is 4.39 Å². The number of rotatable bonds is 1. The fourth-order valence-corrected chi connectivity index (χ4v) is 2.91. The van der Waals surface area contributed by atoms with Crippen molar-refractivity contribution in [2.24, 2.45) is 5.92 Å². The Morgan fingerprint density at radius 1 is 1.37 bits per heavy atom. The summed E-state index contributed by atoms with van der Waals surface area (Å²) in [4.78, 5) is 6.22. The van der Waals surface area contributed by atoms with Crippen LogP contribution in [0.1, 0.15) is 12.5 Å². The van der Waals surface area contributed by atoms with E-state index < -0.39 is 0 Å². The van der Waals surface area contributed by atoms with Crippen molar-refractivity contribution in [1.29, 1.82) is 0 Å². The lowest BCUT2D eigenvalue weighted by atomic mass is 9.94. The number of aromatic nitrogens is 1. The molecular formula is C15H14BrFN2. The molecule has 1 aliphatic rings. The van der Waals surface area contributed by atoms with E-state index in [4.69, 9.17) is 0 Å². The van der Waals surface area contributed by atoms with Crippen LogP contribution in [0, 0.1) is 11.7 Å². The van der Waals surface area contributed by atoms with Crippen LogP contribution in [0.5, 0.6) is 0 Å². The molecule has 19 heavy (non-hydrogen) atoms. The number of hydrogen-bond donors (Lipinski definition) is 0. The summed E-state index contributed by atoms with van der Waals surface area (Å²) in [5.41, 5.74) is 2.32. The fourth-order valence-electron chi connectivity index (χ4n) is 2.60. The van der Waals surface area contributed by atoms with Gasteiger partial charge in [-0.3, -0.25) is 0 Å². The summed E-state index contributed by atoms with van der Waals surface area (Å²) < 4.78 is 14.8. The molecule has 0 bridgehead atoms. The maximum Gasteiger partial charge on any atom is 0.169 e. The molecule has 3 rings (SSSR count). The predicted molar refractivity (Wildman–Crippen MR) is 78.2 cm³/mol. The van der Waals surface area contributed by atoms with E-state index in [2.05, 4.69) is 33.9 Å². The fraction of sp³-hybridized carbons (Fsp3) is 0.267. The first-order valence-corrected chi connectivity index (χ1v) is 7.11. The molecule has 0 spiro atoms. The van der Waals surface area contributed by atoms with Gasteiger partial charge in [-0.1, -0.05) is 25.1 Å². The molecule has 0 fully saturated rings. The van der Waals surface area contributed by atoms with Gasteiger partial charge < -0.3 is 4.90 Å². The lowest BCUT2D eigenvalue weighted by molar-refractivity contribution is 0.547. The van der Waals surface area contributed by atoms with Crippen LogP contribution in [0.15, 0.2) is 41.0 Å². The molecule has 1 aliphatic heterocycles. The van der Waals surface area contributed by atoms with Gasteiger partial charge >= 0.3 is 0 Å². The van der Waals surface area contributed by atoms with Crippen LogP contribution in [-0.4, -0.2) is 11.5 Å². The zero-order valence-corrected chi connectivity index (χ0v) is 12.2. The van der Waals surface area contributed by atoms with Gasteiger partial charge in [0.2, 0.25) is 0 Å². The number of halogens is 2. The summed E-state index contributed by atoms with van der Waals surface area (Å²) in [6.45, 7) is 2.97. The standard InChI is InChI=1S/C15H14BrFN2/c1-10-6-11-4-2-3-5-14(11)19(9-10)15-13(17)7-12(16)8-18-15/h2-5,7-8,10H,6,9H2,1H3. The van der Waals surface area contributed by atoms with Crippen LogP contribution >= 0.6 is 15.9 Å². The number of para-hydroxylation sites is 1. The van der Waals surface area contributed by atoms with Gasteiger partial charge in [0.1, 0.15) is 0 Å². The minimum absolute atomic E-state index is 0.293. The van der Waals surface area contributed by atoms with Gasteiger partial charge in [0.25, 0.3) is 0 Å². The number of anilines is 2. The van der Waals surface area contributed by atoms with Crippen LogP contribution < -0.4 is 4.90 Å². The summed E-state index contributed by atoms with van der Waals surface area (Å²) in [5.74, 6) is 0.597. The smallest absolute Gasteiger partial charge is 0.169 e. The Balaban J connectivity index is 2.10. The molecule has 0 saturated heterocycles. The highest BCUT2D eigenvalue weighted by atomic mass is 79.9. The van der Waals surface area contributed by atoms with E-state index in [0.29, 0.717) is 16.2 Å². The monoisotopic (exact) mass is 320 g/mol. The third-order valence-corrected chi connectivity index (χ3v) is 3.82. The second kappa shape index (κ2) is 4.93. The molecule has 0 radical (unpaired) electrons. The number of pyridine rings is 1. The van der Waals surface area contributed by atoms with Crippen LogP contribution in [-0.2, 0) is 6.42 Å². The van der Waals surface area contributed by atoms with Crippen molar-refractivity contribution >= 4 is 27.4 Å². The SMILES string of the molecule is CC1Cc2ccccc2N(c2ncc(Br)cc2F)C1. The lowest BCUT2D eigenvalue weighted by Crippen LogP contribution is -2.31.